The summed E-state index contributed by atoms with van der Waals surface area (Å²) in [7, 11) is 0. The number of esters is 1. The second kappa shape index (κ2) is 6.30. The lowest BCUT2D eigenvalue weighted by atomic mass is 9.83. The molecular weight excluding hydrogens is 273 g/mol. The summed E-state index contributed by atoms with van der Waals surface area (Å²) in [5.74, 6) is 1.17. The Bertz CT molecular complexity index is 476. The number of terminal acetylenes is 1. The van der Waals surface area contributed by atoms with Crippen molar-refractivity contribution in [1.82, 2.24) is 0 Å². The van der Waals surface area contributed by atoms with Crippen LogP contribution in [0.3, 0.4) is 0 Å². The highest BCUT2D eigenvalue weighted by atomic mass is 19.4. The van der Waals surface area contributed by atoms with Crippen LogP contribution in [-0.2, 0) is 9.53 Å². The monoisotopic (exact) mass is 286 g/mol. The Labute approximate surface area is 115 Å². The quantitative estimate of drug-likeness (QED) is 0.575. The van der Waals surface area contributed by atoms with Crippen molar-refractivity contribution in [2.24, 2.45) is 5.41 Å². The van der Waals surface area contributed by atoms with E-state index in [0.717, 1.165) is 0 Å². The molecule has 0 atom stereocenters. The fraction of sp³-hybridized carbons (Fsp3) is 0.615. The van der Waals surface area contributed by atoms with E-state index in [1.807, 2.05) is 0 Å². The molecule has 0 spiro atoms. The van der Waals surface area contributed by atoms with Gasteiger partial charge in [-0.3, -0.25) is 4.79 Å². The van der Waals surface area contributed by atoms with Crippen LogP contribution in [0.15, 0.2) is 0 Å². The summed E-state index contributed by atoms with van der Waals surface area (Å²) in [6.45, 7) is 2.81. The zero-order valence-corrected chi connectivity index (χ0v) is 11.0. The number of carbonyl (C=O) groups is 1. The molecule has 0 aromatic heterocycles. The molecule has 0 aliphatic heterocycles. The molecule has 0 aromatic carbocycles. The van der Waals surface area contributed by atoms with Gasteiger partial charge in [-0.2, -0.15) is 23.7 Å². The molecule has 0 aliphatic rings. The number of halogens is 3. The van der Waals surface area contributed by atoms with Gasteiger partial charge in [0.1, 0.15) is 0 Å². The summed E-state index contributed by atoms with van der Waals surface area (Å²) in [6, 6.07) is 2.92. The van der Waals surface area contributed by atoms with Crippen molar-refractivity contribution in [1.29, 1.82) is 10.5 Å². The Hall–Kier alpha value is -2.20. The number of rotatable bonds is 5. The van der Waals surface area contributed by atoms with Crippen LogP contribution in [0, 0.1) is 40.4 Å². The van der Waals surface area contributed by atoms with Crippen molar-refractivity contribution >= 4 is 5.97 Å². The largest absolute Gasteiger partial charge is 0.446 e. The van der Waals surface area contributed by atoms with Crippen LogP contribution in [0.5, 0.6) is 0 Å². The molecule has 0 aromatic rings. The number of alkyl halides is 3. The van der Waals surface area contributed by atoms with E-state index >= 15 is 0 Å². The normalized spacial score (nSPS) is 11.9. The highest BCUT2D eigenvalue weighted by Crippen LogP contribution is 2.33. The Morgan fingerprint density at radius 1 is 1.20 bits per heavy atom. The topological polar surface area (TPSA) is 73.9 Å². The Balaban J connectivity index is 4.89. The van der Waals surface area contributed by atoms with Crippen molar-refractivity contribution in [2.45, 2.75) is 44.9 Å². The van der Waals surface area contributed by atoms with Crippen molar-refractivity contribution in [3.63, 3.8) is 0 Å². The first-order valence-corrected chi connectivity index (χ1v) is 5.58. The molecule has 0 unspecified atom stereocenters. The van der Waals surface area contributed by atoms with Crippen LogP contribution in [0.1, 0.15) is 33.1 Å². The summed E-state index contributed by atoms with van der Waals surface area (Å²) in [5.41, 5.74) is -3.32. The zero-order chi connectivity index (χ0) is 16.0. The van der Waals surface area contributed by atoms with Crippen LogP contribution in [0.4, 0.5) is 13.2 Å². The van der Waals surface area contributed by atoms with Crippen molar-refractivity contribution in [3.05, 3.63) is 0 Å². The number of hydrogen-bond acceptors (Lipinski definition) is 4. The molecule has 0 radical (unpaired) electrons. The van der Waals surface area contributed by atoms with E-state index in [9.17, 15) is 18.0 Å². The lowest BCUT2D eigenvalue weighted by Crippen LogP contribution is -2.30. The third kappa shape index (κ3) is 6.11. The highest BCUT2D eigenvalue weighted by molar-refractivity contribution is 5.72. The van der Waals surface area contributed by atoms with Gasteiger partial charge in [-0.1, -0.05) is 5.92 Å². The average Bonchev–Trinajstić information content (AvgIpc) is 2.33. The molecule has 0 amide bonds. The predicted molar refractivity (Wildman–Crippen MR) is 62.6 cm³/mol. The summed E-state index contributed by atoms with van der Waals surface area (Å²) in [4.78, 5) is 11.6. The predicted octanol–water partition coefficient (Wildman–Crippen LogP) is 2.71. The van der Waals surface area contributed by atoms with Gasteiger partial charge in [-0.25, -0.2) is 0 Å². The molecule has 0 bridgehead atoms. The number of carbonyl (C=O) groups excluding carboxylic acids is 1. The first kappa shape index (κ1) is 17.8. The first-order chi connectivity index (χ1) is 8.99. The molecular formula is C13H13F3N2O2. The maximum Gasteiger partial charge on any atom is 0.389 e. The molecule has 0 saturated carbocycles. The fourth-order valence-electron chi connectivity index (χ4n) is 1.26. The molecule has 0 N–H and O–H groups in total. The second-order valence-corrected chi connectivity index (χ2v) is 4.73. The lowest BCUT2D eigenvalue weighted by Gasteiger charge is -2.22. The molecule has 0 heterocycles. The minimum absolute atomic E-state index is 0.763. The van der Waals surface area contributed by atoms with Crippen LogP contribution in [0.25, 0.3) is 0 Å². The molecule has 0 fully saturated rings. The van der Waals surface area contributed by atoms with Crippen LogP contribution < -0.4 is 0 Å². The third-order valence-corrected chi connectivity index (χ3v) is 2.43. The number of ether oxygens (including phenoxy) is 1. The molecule has 4 nitrogen and oxygen atoms in total. The Kier molecular flexibility index (Phi) is 5.61. The second-order valence-electron chi connectivity index (χ2n) is 4.73. The van der Waals surface area contributed by atoms with E-state index in [4.69, 9.17) is 21.7 Å². The van der Waals surface area contributed by atoms with Crippen LogP contribution in [0.2, 0.25) is 0 Å². The molecule has 0 rings (SSSR count). The minimum atomic E-state index is -4.51. The molecule has 7 heteroatoms. The summed E-state index contributed by atoms with van der Waals surface area (Å²) in [6.07, 6.45) is -2.31. The average molecular weight is 286 g/mol. The maximum absolute atomic E-state index is 12.2. The van der Waals surface area contributed by atoms with Gasteiger partial charge < -0.3 is 4.74 Å². The standard InChI is InChI=1S/C13H13F3N2O2/c1-4-11(2,3)20-10(19)7-12(8-17,9-18)5-6-13(14,15)16/h1H,5-7H2,2-3H3. The van der Waals surface area contributed by atoms with Gasteiger partial charge in [0.25, 0.3) is 0 Å². The molecule has 0 aliphatic carbocycles. The van der Waals surface area contributed by atoms with E-state index in [2.05, 4.69) is 5.92 Å². The van der Waals surface area contributed by atoms with E-state index in [-0.39, 0.29) is 0 Å². The fourth-order valence-corrected chi connectivity index (χ4v) is 1.26. The molecule has 0 saturated heterocycles. The Morgan fingerprint density at radius 3 is 2.05 bits per heavy atom. The highest BCUT2D eigenvalue weighted by Gasteiger charge is 2.39. The minimum Gasteiger partial charge on any atom is -0.446 e. The van der Waals surface area contributed by atoms with Crippen LogP contribution >= 0.6 is 0 Å². The molecule has 108 valence electrons. The van der Waals surface area contributed by atoms with Crippen molar-refractivity contribution < 1.29 is 22.7 Å². The van der Waals surface area contributed by atoms with Crippen molar-refractivity contribution in [2.75, 3.05) is 0 Å². The van der Waals surface area contributed by atoms with E-state index in [0.29, 0.717) is 0 Å². The first-order valence-electron chi connectivity index (χ1n) is 5.58. The van der Waals surface area contributed by atoms with Gasteiger partial charge in [-0.05, 0) is 20.3 Å². The van der Waals surface area contributed by atoms with Gasteiger partial charge in [0.05, 0.1) is 18.6 Å². The summed E-state index contributed by atoms with van der Waals surface area (Å²) >= 11 is 0. The van der Waals surface area contributed by atoms with Gasteiger partial charge in [-0.15, -0.1) is 6.42 Å². The van der Waals surface area contributed by atoms with E-state index in [1.54, 1.807) is 0 Å². The molecule has 20 heavy (non-hydrogen) atoms. The maximum atomic E-state index is 12.2. The van der Waals surface area contributed by atoms with Gasteiger partial charge >= 0.3 is 12.1 Å². The summed E-state index contributed by atoms with van der Waals surface area (Å²) < 4.78 is 41.3. The van der Waals surface area contributed by atoms with Gasteiger partial charge in [0.15, 0.2) is 11.0 Å². The van der Waals surface area contributed by atoms with Crippen molar-refractivity contribution in [3.8, 4) is 24.5 Å². The van der Waals surface area contributed by atoms with Gasteiger partial charge in [0, 0.05) is 6.42 Å². The zero-order valence-electron chi connectivity index (χ0n) is 11.0. The summed E-state index contributed by atoms with van der Waals surface area (Å²) in [5, 5.41) is 17.8. The van der Waals surface area contributed by atoms with E-state index < -0.39 is 42.4 Å². The SMILES string of the molecule is C#CC(C)(C)OC(=O)CC(C#N)(C#N)CCC(F)(F)F. The van der Waals surface area contributed by atoms with E-state index in [1.165, 1.54) is 26.0 Å². The van der Waals surface area contributed by atoms with Gasteiger partial charge in [0.2, 0.25) is 0 Å². The number of nitriles is 2. The Morgan fingerprint density at radius 2 is 1.70 bits per heavy atom. The third-order valence-electron chi connectivity index (χ3n) is 2.43. The lowest BCUT2D eigenvalue weighted by molar-refractivity contribution is -0.155. The van der Waals surface area contributed by atoms with Crippen LogP contribution in [-0.4, -0.2) is 17.7 Å². The number of hydrogen-bond donors (Lipinski definition) is 0. The smallest absolute Gasteiger partial charge is 0.389 e. The number of nitrogens with zero attached hydrogens (tertiary/aromatic N) is 2.